The molecular weight excluding hydrogens is 533 g/mol. The fourth-order valence-corrected chi connectivity index (χ4v) is 3.74. The highest BCUT2D eigenvalue weighted by atomic mass is 127. The zero-order valence-electron chi connectivity index (χ0n) is 19.1. The number of benzene rings is 2. The highest BCUT2D eigenvalue weighted by Gasteiger charge is 2.20. The molecule has 9 heteroatoms. The summed E-state index contributed by atoms with van der Waals surface area (Å²) in [6, 6.07) is 17.5. The molecule has 180 valence electrons. The predicted molar refractivity (Wildman–Crippen MR) is 142 cm³/mol. The first kappa shape index (κ1) is 27.0. The SMILES string of the molecule is COCCCNC(=NCc1ccc([N+](=O)[O-])cc1)NC1CCN(Cc2ccccc2)CC1.I. The van der Waals surface area contributed by atoms with Crippen molar-refractivity contribution < 1.29 is 9.66 Å². The van der Waals surface area contributed by atoms with Crippen LogP contribution >= 0.6 is 24.0 Å². The van der Waals surface area contributed by atoms with E-state index in [9.17, 15) is 10.1 Å². The third-order valence-corrected chi connectivity index (χ3v) is 5.56. The van der Waals surface area contributed by atoms with Gasteiger partial charge in [-0.3, -0.25) is 15.0 Å². The molecule has 1 aliphatic heterocycles. The molecule has 0 aliphatic carbocycles. The molecule has 0 unspecified atom stereocenters. The Hall–Kier alpha value is -2.24. The lowest BCUT2D eigenvalue weighted by Crippen LogP contribution is -2.48. The van der Waals surface area contributed by atoms with Gasteiger partial charge < -0.3 is 15.4 Å². The van der Waals surface area contributed by atoms with E-state index in [0.29, 0.717) is 19.2 Å². The number of aliphatic imine (C=N–C) groups is 1. The molecule has 0 radical (unpaired) electrons. The molecule has 0 spiro atoms. The average molecular weight is 567 g/mol. The Morgan fingerprint density at radius 3 is 2.45 bits per heavy atom. The largest absolute Gasteiger partial charge is 0.385 e. The van der Waals surface area contributed by atoms with Gasteiger partial charge in [0, 0.05) is 58.1 Å². The summed E-state index contributed by atoms with van der Waals surface area (Å²) in [6.07, 6.45) is 3.01. The number of guanidine groups is 1. The molecule has 0 aromatic heterocycles. The van der Waals surface area contributed by atoms with Gasteiger partial charge in [-0.15, -0.1) is 24.0 Å². The molecule has 0 bridgehead atoms. The van der Waals surface area contributed by atoms with Gasteiger partial charge in [0.15, 0.2) is 5.96 Å². The minimum absolute atomic E-state index is 0. The first-order valence-electron chi connectivity index (χ1n) is 11.2. The number of hydrogen-bond acceptors (Lipinski definition) is 5. The maximum absolute atomic E-state index is 10.8. The summed E-state index contributed by atoms with van der Waals surface area (Å²) in [5.41, 5.74) is 2.38. The highest BCUT2D eigenvalue weighted by Crippen LogP contribution is 2.15. The quantitative estimate of drug-likeness (QED) is 0.113. The monoisotopic (exact) mass is 567 g/mol. The standard InChI is InChI=1S/C24H33N5O3.HI/c1-32-17-5-14-25-24(26-18-20-8-10-23(11-9-20)29(30)31)27-22-12-15-28(16-13-22)19-21-6-3-2-4-7-21;/h2-4,6-11,22H,5,12-19H2,1H3,(H2,25,26,27);1H. The van der Waals surface area contributed by atoms with Crippen LogP contribution in [0.15, 0.2) is 59.6 Å². The second kappa shape index (κ2) is 14.8. The van der Waals surface area contributed by atoms with Gasteiger partial charge >= 0.3 is 0 Å². The number of nitro groups is 1. The Kier molecular flexibility index (Phi) is 12.1. The molecular formula is C24H34IN5O3. The molecule has 0 atom stereocenters. The smallest absolute Gasteiger partial charge is 0.269 e. The minimum Gasteiger partial charge on any atom is -0.385 e. The zero-order chi connectivity index (χ0) is 22.6. The van der Waals surface area contributed by atoms with Crippen LogP contribution in [0.1, 0.15) is 30.4 Å². The van der Waals surface area contributed by atoms with Crippen molar-refractivity contribution in [1.82, 2.24) is 15.5 Å². The second-order valence-corrected chi connectivity index (χ2v) is 8.04. The predicted octanol–water partition coefficient (Wildman–Crippen LogP) is 3.95. The van der Waals surface area contributed by atoms with Crippen LogP contribution in [0.2, 0.25) is 0 Å². The summed E-state index contributed by atoms with van der Waals surface area (Å²) in [4.78, 5) is 17.7. The number of nitrogens with zero attached hydrogens (tertiary/aromatic N) is 3. The third kappa shape index (κ3) is 9.65. The first-order valence-corrected chi connectivity index (χ1v) is 11.2. The van der Waals surface area contributed by atoms with Gasteiger partial charge in [-0.2, -0.15) is 0 Å². The molecule has 1 aliphatic rings. The molecule has 0 saturated carbocycles. The number of hydrogen-bond donors (Lipinski definition) is 2. The summed E-state index contributed by atoms with van der Waals surface area (Å²) >= 11 is 0. The number of rotatable bonds is 10. The van der Waals surface area contributed by atoms with Crippen LogP contribution in [0.4, 0.5) is 5.69 Å². The van der Waals surface area contributed by atoms with Crippen LogP contribution < -0.4 is 10.6 Å². The zero-order valence-corrected chi connectivity index (χ0v) is 21.4. The molecule has 8 nitrogen and oxygen atoms in total. The summed E-state index contributed by atoms with van der Waals surface area (Å²) in [5.74, 6) is 0.779. The molecule has 1 heterocycles. The number of non-ortho nitro benzene ring substituents is 1. The normalized spacial score (nSPS) is 15.0. The highest BCUT2D eigenvalue weighted by molar-refractivity contribution is 14.0. The number of halogens is 1. The van der Waals surface area contributed by atoms with Crippen LogP contribution in [0.25, 0.3) is 0 Å². The van der Waals surface area contributed by atoms with E-state index in [0.717, 1.165) is 57.0 Å². The summed E-state index contributed by atoms with van der Waals surface area (Å²) in [7, 11) is 1.70. The van der Waals surface area contributed by atoms with E-state index in [1.165, 1.54) is 17.7 Å². The van der Waals surface area contributed by atoms with Crippen LogP contribution in [-0.2, 0) is 17.8 Å². The van der Waals surface area contributed by atoms with E-state index >= 15 is 0 Å². The average Bonchev–Trinajstić information content (AvgIpc) is 2.82. The van der Waals surface area contributed by atoms with Crippen LogP contribution in [0.5, 0.6) is 0 Å². The Morgan fingerprint density at radius 1 is 1.12 bits per heavy atom. The van der Waals surface area contributed by atoms with Gasteiger partial charge in [-0.25, -0.2) is 4.99 Å². The van der Waals surface area contributed by atoms with Crippen molar-refractivity contribution in [3.8, 4) is 0 Å². The number of nitrogens with one attached hydrogen (secondary N) is 2. The van der Waals surface area contributed by atoms with Crippen molar-refractivity contribution in [2.24, 2.45) is 4.99 Å². The number of methoxy groups -OCH3 is 1. The van der Waals surface area contributed by atoms with E-state index < -0.39 is 0 Å². The van der Waals surface area contributed by atoms with Crippen molar-refractivity contribution in [3.63, 3.8) is 0 Å². The van der Waals surface area contributed by atoms with E-state index in [2.05, 4.69) is 45.9 Å². The van der Waals surface area contributed by atoms with Gasteiger partial charge in [0.2, 0.25) is 0 Å². The Balaban J connectivity index is 0.00000385. The molecule has 1 fully saturated rings. The molecule has 3 rings (SSSR count). The molecule has 2 aromatic carbocycles. The van der Waals surface area contributed by atoms with Crippen molar-refractivity contribution in [2.45, 2.75) is 38.4 Å². The topological polar surface area (TPSA) is 92.0 Å². The van der Waals surface area contributed by atoms with Gasteiger partial charge in [0.25, 0.3) is 5.69 Å². The Labute approximate surface area is 213 Å². The van der Waals surface area contributed by atoms with Gasteiger partial charge in [0.05, 0.1) is 11.5 Å². The van der Waals surface area contributed by atoms with Crippen molar-refractivity contribution in [2.75, 3.05) is 33.4 Å². The maximum atomic E-state index is 10.8. The number of piperidine rings is 1. The minimum atomic E-state index is -0.387. The van der Waals surface area contributed by atoms with Crippen LogP contribution in [-0.4, -0.2) is 55.2 Å². The van der Waals surface area contributed by atoms with E-state index in [1.54, 1.807) is 19.2 Å². The fraction of sp³-hybridized carbons (Fsp3) is 0.458. The molecule has 0 amide bonds. The number of likely N-dealkylation sites (tertiary alicyclic amines) is 1. The van der Waals surface area contributed by atoms with Gasteiger partial charge in [0.1, 0.15) is 0 Å². The van der Waals surface area contributed by atoms with Crippen LogP contribution in [0.3, 0.4) is 0 Å². The van der Waals surface area contributed by atoms with Gasteiger partial charge in [-0.05, 0) is 30.4 Å². The van der Waals surface area contributed by atoms with E-state index in [1.807, 2.05) is 0 Å². The fourth-order valence-electron chi connectivity index (χ4n) is 3.74. The van der Waals surface area contributed by atoms with Crippen LogP contribution in [0, 0.1) is 10.1 Å². The lowest BCUT2D eigenvalue weighted by atomic mass is 10.0. The third-order valence-electron chi connectivity index (χ3n) is 5.56. The first-order chi connectivity index (χ1) is 15.6. The summed E-state index contributed by atoms with van der Waals surface area (Å²) < 4.78 is 5.13. The van der Waals surface area contributed by atoms with Crippen molar-refractivity contribution >= 4 is 35.6 Å². The van der Waals surface area contributed by atoms with Gasteiger partial charge in [-0.1, -0.05) is 42.5 Å². The van der Waals surface area contributed by atoms with E-state index in [-0.39, 0.29) is 34.6 Å². The Morgan fingerprint density at radius 2 is 1.82 bits per heavy atom. The van der Waals surface area contributed by atoms with Crippen molar-refractivity contribution in [3.05, 3.63) is 75.8 Å². The lowest BCUT2D eigenvalue weighted by molar-refractivity contribution is -0.384. The molecule has 1 saturated heterocycles. The molecule has 2 aromatic rings. The maximum Gasteiger partial charge on any atom is 0.269 e. The number of ether oxygens (including phenoxy) is 1. The Bertz CT molecular complexity index is 856. The van der Waals surface area contributed by atoms with E-state index in [4.69, 9.17) is 9.73 Å². The molecule has 33 heavy (non-hydrogen) atoms. The summed E-state index contributed by atoms with van der Waals surface area (Å²) in [5, 5.41) is 17.8. The number of nitro benzene ring substituents is 1. The van der Waals surface area contributed by atoms with Crippen molar-refractivity contribution in [1.29, 1.82) is 0 Å². The lowest BCUT2D eigenvalue weighted by Gasteiger charge is -2.33. The second-order valence-electron chi connectivity index (χ2n) is 8.04. The summed E-state index contributed by atoms with van der Waals surface area (Å²) in [6.45, 7) is 5.01. The molecule has 2 N–H and O–H groups in total.